The number of aliphatic hydroxyl groups is 1. The molecule has 1 N–H and O–H groups in total. The van der Waals surface area contributed by atoms with Crippen molar-refractivity contribution < 1.29 is 9.53 Å². The molecule has 0 radical (unpaired) electrons. The van der Waals surface area contributed by atoms with Crippen LogP contribution in [-0.2, 0) is 4.43 Å². The number of hydrogen-bond acceptors (Lipinski definition) is 2. The van der Waals surface area contributed by atoms with Gasteiger partial charge in [-0.2, -0.15) is 0 Å². The second-order valence-corrected chi connectivity index (χ2v) is 16.9. The Balaban J connectivity index is 1.75. The second kappa shape index (κ2) is 8.71. The molecule has 0 aromatic heterocycles. The van der Waals surface area contributed by atoms with Crippen LogP contribution in [0.2, 0.25) is 18.1 Å². The highest BCUT2D eigenvalue weighted by molar-refractivity contribution is 6.74. The van der Waals surface area contributed by atoms with Gasteiger partial charge in [-0.05, 0) is 99.2 Å². The summed E-state index contributed by atoms with van der Waals surface area (Å²) in [5, 5.41) is 10.6. The highest BCUT2D eigenvalue weighted by Gasteiger charge is 2.50. The summed E-state index contributed by atoms with van der Waals surface area (Å²) in [6.07, 6.45) is 14.3. The molecule has 0 spiro atoms. The Morgan fingerprint density at radius 2 is 1.87 bits per heavy atom. The van der Waals surface area contributed by atoms with E-state index in [0.717, 1.165) is 19.3 Å². The molecule has 0 aromatic carbocycles. The number of allylic oxidation sites excluding steroid dienone is 4. The van der Waals surface area contributed by atoms with Crippen LogP contribution in [0.25, 0.3) is 0 Å². The van der Waals surface area contributed by atoms with Crippen LogP contribution in [0.1, 0.15) is 86.0 Å². The second-order valence-electron chi connectivity index (χ2n) is 12.1. The molecule has 3 fully saturated rings. The molecule has 2 nitrogen and oxygen atoms in total. The smallest absolute Gasteiger partial charge is 0.192 e. The van der Waals surface area contributed by atoms with Gasteiger partial charge in [-0.3, -0.25) is 0 Å². The summed E-state index contributed by atoms with van der Waals surface area (Å²) in [6, 6.07) is 0. The zero-order valence-corrected chi connectivity index (χ0v) is 21.7. The Morgan fingerprint density at radius 1 is 1.17 bits per heavy atom. The molecule has 3 rings (SSSR count). The maximum absolute atomic E-state index is 10.3. The van der Waals surface area contributed by atoms with Gasteiger partial charge in [0, 0.05) is 6.10 Å². The molecular formula is C27H46O2Si. The Kier molecular flexibility index (Phi) is 6.97. The van der Waals surface area contributed by atoms with Crippen molar-refractivity contribution in [3.05, 3.63) is 35.5 Å². The van der Waals surface area contributed by atoms with Gasteiger partial charge in [0.1, 0.15) is 0 Å². The van der Waals surface area contributed by atoms with Crippen LogP contribution in [0, 0.1) is 17.3 Å². The number of rotatable bonds is 4. The van der Waals surface area contributed by atoms with Crippen molar-refractivity contribution in [3.8, 4) is 0 Å². The maximum atomic E-state index is 10.3. The molecule has 0 aromatic rings. The third-order valence-corrected chi connectivity index (χ3v) is 13.6. The minimum Gasteiger partial charge on any atom is -0.414 e. The monoisotopic (exact) mass is 430 g/mol. The average Bonchev–Trinajstić information content (AvgIpc) is 2.98. The molecule has 3 heteroatoms. The first-order valence-electron chi connectivity index (χ1n) is 12.3. The van der Waals surface area contributed by atoms with Crippen molar-refractivity contribution in [2.45, 2.75) is 116 Å². The van der Waals surface area contributed by atoms with Gasteiger partial charge in [-0.25, -0.2) is 0 Å². The molecule has 3 saturated carbocycles. The molecular weight excluding hydrogens is 384 g/mol. The predicted octanol–water partition coefficient (Wildman–Crippen LogP) is 7.57. The minimum atomic E-state index is -1.74. The first kappa shape index (κ1) is 24.0. The lowest BCUT2D eigenvalue weighted by Gasteiger charge is -2.43. The molecule has 0 amide bonds. The van der Waals surface area contributed by atoms with Crippen LogP contribution >= 0.6 is 0 Å². The molecule has 170 valence electrons. The molecule has 3 aliphatic rings. The van der Waals surface area contributed by atoms with E-state index in [1.807, 2.05) is 6.92 Å². The van der Waals surface area contributed by atoms with E-state index in [4.69, 9.17) is 4.43 Å². The number of hydrogen-bond donors (Lipinski definition) is 1. The van der Waals surface area contributed by atoms with Crippen LogP contribution in [0.15, 0.2) is 35.5 Å². The average molecular weight is 431 g/mol. The third kappa shape index (κ3) is 4.73. The van der Waals surface area contributed by atoms with Crippen LogP contribution in [0.4, 0.5) is 0 Å². The molecule has 3 aliphatic carbocycles. The summed E-state index contributed by atoms with van der Waals surface area (Å²) in [5.41, 5.74) is 4.58. The molecule has 30 heavy (non-hydrogen) atoms. The summed E-state index contributed by atoms with van der Waals surface area (Å²) in [7, 11) is -1.74. The Bertz CT molecular complexity index is 709. The van der Waals surface area contributed by atoms with E-state index >= 15 is 0 Å². The van der Waals surface area contributed by atoms with Crippen molar-refractivity contribution >= 4 is 8.32 Å². The Hall–Kier alpha value is -0.643. The SMILES string of the molecule is C=C1CC[C@H](O[Si](C)(C)C(C)(C)C)C/C1=C\C=C1/CCC[C@]2(C)[C@@H]([C@H](C)O)CC[C@@H]12. The zero-order valence-electron chi connectivity index (χ0n) is 20.7. The fourth-order valence-corrected chi connectivity index (χ4v) is 7.54. The summed E-state index contributed by atoms with van der Waals surface area (Å²) in [5.74, 6) is 1.09. The molecule has 0 unspecified atom stereocenters. The Labute approximate surface area is 187 Å². The van der Waals surface area contributed by atoms with E-state index in [1.165, 1.54) is 43.3 Å². The summed E-state index contributed by atoms with van der Waals surface area (Å²) >= 11 is 0. The van der Waals surface area contributed by atoms with Crippen molar-refractivity contribution in [2.24, 2.45) is 17.3 Å². The van der Waals surface area contributed by atoms with E-state index in [9.17, 15) is 5.11 Å². The van der Waals surface area contributed by atoms with Gasteiger partial charge in [-0.15, -0.1) is 0 Å². The first-order chi connectivity index (χ1) is 13.8. The van der Waals surface area contributed by atoms with Gasteiger partial charge in [0.15, 0.2) is 8.32 Å². The van der Waals surface area contributed by atoms with Crippen LogP contribution in [-0.4, -0.2) is 25.6 Å². The van der Waals surface area contributed by atoms with E-state index in [-0.39, 0.29) is 16.6 Å². The van der Waals surface area contributed by atoms with Gasteiger partial charge in [0.25, 0.3) is 0 Å². The van der Waals surface area contributed by atoms with Gasteiger partial charge in [-0.1, -0.05) is 57.6 Å². The topological polar surface area (TPSA) is 29.5 Å². The molecule has 0 heterocycles. The molecule has 0 bridgehead atoms. The van der Waals surface area contributed by atoms with Crippen LogP contribution in [0.3, 0.4) is 0 Å². The fraction of sp³-hybridized carbons (Fsp3) is 0.778. The summed E-state index contributed by atoms with van der Waals surface area (Å²) < 4.78 is 6.75. The standard InChI is InChI=1S/C27H46O2Si/c1-19-11-14-23(29-30(7,8)26(3,4)5)18-22(19)13-12-21-10-9-17-27(6)24(20(2)28)15-16-25(21)27/h12-13,20,23-25,28H,1,9-11,14-18H2,2-8H3/b21-12+,22-13+/t20-,23-,24+,25-,27+/m0/s1. The maximum Gasteiger partial charge on any atom is 0.192 e. The van der Waals surface area contributed by atoms with Crippen molar-refractivity contribution in [3.63, 3.8) is 0 Å². The van der Waals surface area contributed by atoms with E-state index in [0.29, 0.717) is 17.9 Å². The quantitative estimate of drug-likeness (QED) is 0.466. The lowest BCUT2D eigenvalue weighted by molar-refractivity contribution is 0.0302. The van der Waals surface area contributed by atoms with Crippen molar-refractivity contribution in [1.29, 1.82) is 0 Å². The molecule has 0 saturated heterocycles. The largest absolute Gasteiger partial charge is 0.414 e. The van der Waals surface area contributed by atoms with Gasteiger partial charge in [0.05, 0.1) is 6.10 Å². The van der Waals surface area contributed by atoms with E-state index in [1.54, 1.807) is 5.57 Å². The van der Waals surface area contributed by atoms with E-state index < -0.39 is 8.32 Å². The first-order valence-corrected chi connectivity index (χ1v) is 15.2. The Morgan fingerprint density at radius 3 is 2.50 bits per heavy atom. The van der Waals surface area contributed by atoms with Crippen molar-refractivity contribution in [1.82, 2.24) is 0 Å². The minimum absolute atomic E-state index is 0.191. The highest BCUT2D eigenvalue weighted by Crippen LogP contribution is 2.58. The zero-order chi connectivity index (χ0) is 22.3. The molecule has 5 atom stereocenters. The van der Waals surface area contributed by atoms with Gasteiger partial charge < -0.3 is 9.53 Å². The third-order valence-electron chi connectivity index (χ3n) is 9.06. The highest BCUT2D eigenvalue weighted by atomic mass is 28.4. The van der Waals surface area contributed by atoms with Crippen LogP contribution in [0.5, 0.6) is 0 Å². The van der Waals surface area contributed by atoms with E-state index in [2.05, 4.69) is 59.5 Å². The van der Waals surface area contributed by atoms with Crippen LogP contribution < -0.4 is 0 Å². The molecule has 0 aliphatic heterocycles. The summed E-state index contributed by atoms with van der Waals surface area (Å²) in [4.78, 5) is 0. The summed E-state index contributed by atoms with van der Waals surface area (Å²) in [6.45, 7) is 20.5. The number of fused-ring (bicyclic) bond motifs is 1. The normalized spacial score (nSPS) is 36.9. The lowest BCUT2D eigenvalue weighted by atomic mass is 9.62. The van der Waals surface area contributed by atoms with Gasteiger partial charge >= 0.3 is 0 Å². The number of aliphatic hydroxyl groups excluding tert-OH is 1. The fourth-order valence-electron chi connectivity index (χ4n) is 6.15. The predicted molar refractivity (Wildman–Crippen MR) is 131 cm³/mol. The lowest BCUT2D eigenvalue weighted by Crippen LogP contribution is -2.44. The van der Waals surface area contributed by atoms with Crippen molar-refractivity contribution in [2.75, 3.05) is 0 Å². The van der Waals surface area contributed by atoms with Gasteiger partial charge in [0.2, 0.25) is 0 Å².